The Morgan fingerprint density at radius 3 is 2.89 bits per heavy atom. The second-order valence-electron chi connectivity index (χ2n) is 3.85. The van der Waals surface area contributed by atoms with Gasteiger partial charge in [0, 0.05) is 23.0 Å². The summed E-state index contributed by atoms with van der Waals surface area (Å²) in [5.74, 6) is 0.131. The maximum absolute atomic E-state index is 11.7. The standard InChI is InChI=1S/C14H12ClN3O/c15-11-6-7-17-13(9-11)18-14(19)5-4-10-2-1-3-12(16)8-10/h1-9H,16H2,(H,17,18,19)/b5-4+. The Balaban J connectivity index is 2.01. The highest BCUT2D eigenvalue weighted by Gasteiger charge is 1.99. The first kappa shape index (κ1) is 13.1. The first-order valence-corrected chi connectivity index (χ1v) is 5.97. The van der Waals surface area contributed by atoms with Gasteiger partial charge in [-0.15, -0.1) is 0 Å². The Labute approximate surface area is 115 Å². The molecule has 0 spiro atoms. The summed E-state index contributed by atoms with van der Waals surface area (Å²) in [6.07, 6.45) is 4.62. The predicted octanol–water partition coefficient (Wildman–Crippen LogP) is 2.97. The van der Waals surface area contributed by atoms with Gasteiger partial charge in [-0.1, -0.05) is 23.7 Å². The molecule has 96 valence electrons. The monoisotopic (exact) mass is 273 g/mol. The van der Waals surface area contributed by atoms with E-state index in [9.17, 15) is 4.79 Å². The van der Waals surface area contributed by atoms with Crippen LogP contribution in [0.2, 0.25) is 5.02 Å². The highest BCUT2D eigenvalue weighted by atomic mass is 35.5. The van der Waals surface area contributed by atoms with E-state index in [1.807, 2.05) is 12.1 Å². The molecule has 2 rings (SSSR count). The van der Waals surface area contributed by atoms with Crippen molar-refractivity contribution in [3.63, 3.8) is 0 Å². The van der Waals surface area contributed by atoms with Gasteiger partial charge >= 0.3 is 0 Å². The number of rotatable bonds is 3. The Morgan fingerprint density at radius 2 is 2.16 bits per heavy atom. The Hall–Kier alpha value is -2.33. The number of pyridine rings is 1. The van der Waals surface area contributed by atoms with Gasteiger partial charge in [-0.25, -0.2) is 4.98 Å². The molecule has 0 unspecified atom stereocenters. The first-order valence-electron chi connectivity index (χ1n) is 5.59. The molecule has 0 aliphatic carbocycles. The summed E-state index contributed by atoms with van der Waals surface area (Å²) in [6, 6.07) is 10.5. The summed E-state index contributed by atoms with van der Waals surface area (Å²) in [7, 11) is 0. The lowest BCUT2D eigenvalue weighted by molar-refractivity contribution is -0.111. The molecule has 0 saturated carbocycles. The van der Waals surface area contributed by atoms with Crippen LogP contribution in [-0.4, -0.2) is 10.9 Å². The Kier molecular flexibility index (Phi) is 4.15. The quantitative estimate of drug-likeness (QED) is 0.667. The molecule has 1 aromatic heterocycles. The van der Waals surface area contributed by atoms with Gasteiger partial charge in [-0.3, -0.25) is 4.79 Å². The molecule has 4 nitrogen and oxygen atoms in total. The van der Waals surface area contributed by atoms with Crippen molar-refractivity contribution < 1.29 is 4.79 Å². The maximum atomic E-state index is 11.7. The number of anilines is 2. The van der Waals surface area contributed by atoms with Crippen LogP contribution < -0.4 is 11.1 Å². The topological polar surface area (TPSA) is 68.0 Å². The number of benzene rings is 1. The minimum Gasteiger partial charge on any atom is -0.399 e. The van der Waals surface area contributed by atoms with Crippen molar-refractivity contribution in [3.05, 3.63) is 59.3 Å². The van der Waals surface area contributed by atoms with Gasteiger partial charge in [0.05, 0.1) is 0 Å². The predicted molar refractivity (Wildman–Crippen MR) is 77.8 cm³/mol. The van der Waals surface area contributed by atoms with Crippen molar-refractivity contribution in [2.24, 2.45) is 0 Å². The number of amides is 1. The van der Waals surface area contributed by atoms with Crippen molar-refractivity contribution in [2.75, 3.05) is 11.1 Å². The zero-order valence-corrected chi connectivity index (χ0v) is 10.8. The van der Waals surface area contributed by atoms with Crippen LogP contribution in [0.25, 0.3) is 6.08 Å². The summed E-state index contributed by atoms with van der Waals surface area (Å²) < 4.78 is 0. The Morgan fingerprint density at radius 1 is 1.32 bits per heavy atom. The van der Waals surface area contributed by atoms with Crippen molar-refractivity contribution in [3.8, 4) is 0 Å². The smallest absolute Gasteiger partial charge is 0.249 e. The van der Waals surface area contributed by atoms with E-state index in [2.05, 4.69) is 10.3 Å². The molecule has 1 heterocycles. The summed E-state index contributed by atoms with van der Waals surface area (Å²) in [5.41, 5.74) is 7.15. The number of aromatic nitrogens is 1. The van der Waals surface area contributed by atoms with Crippen molar-refractivity contribution >= 4 is 35.1 Å². The van der Waals surface area contributed by atoms with E-state index in [0.29, 0.717) is 16.5 Å². The van der Waals surface area contributed by atoms with Crippen LogP contribution in [0.4, 0.5) is 11.5 Å². The van der Waals surface area contributed by atoms with Crippen LogP contribution >= 0.6 is 11.6 Å². The molecule has 0 atom stereocenters. The van der Waals surface area contributed by atoms with Gasteiger partial charge in [-0.05, 0) is 35.9 Å². The SMILES string of the molecule is Nc1cccc(/C=C/C(=O)Nc2cc(Cl)ccn2)c1. The zero-order chi connectivity index (χ0) is 13.7. The molecule has 1 aromatic carbocycles. The lowest BCUT2D eigenvalue weighted by Crippen LogP contribution is -2.08. The second-order valence-corrected chi connectivity index (χ2v) is 4.29. The van der Waals surface area contributed by atoms with Crippen molar-refractivity contribution in [2.45, 2.75) is 0 Å². The number of nitrogens with two attached hydrogens (primary N) is 1. The normalized spacial score (nSPS) is 10.6. The summed E-state index contributed by atoms with van der Waals surface area (Å²) in [6.45, 7) is 0. The molecule has 2 aromatic rings. The third-order valence-corrected chi connectivity index (χ3v) is 2.55. The molecular weight excluding hydrogens is 262 g/mol. The van der Waals surface area contributed by atoms with Gasteiger partial charge in [0.15, 0.2) is 0 Å². The van der Waals surface area contributed by atoms with Crippen LogP contribution in [0, 0.1) is 0 Å². The maximum Gasteiger partial charge on any atom is 0.249 e. The third kappa shape index (κ3) is 4.12. The molecule has 1 amide bonds. The fourth-order valence-corrected chi connectivity index (χ4v) is 1.64. The van der Waals surface area contributed by atoms with E-state index in [0.717, 1.165) is 5.56 Å². The zero-order valence-electron chi connectivity index (χ0n) is 10.0. The van der Waals surface area contributed by atoms with E-state index in [4.69, 9.17) is 17.3 Å². The van der Waals surface area contributed by atoms with E-state index in [-0.39, 0.29) is 5.91 Å². The fraction of sp³-hybridized carbons (Fsp3) is 0. The number of hydrogen-bond acceptors (Lipinski definition) is 3. The molecule has 0 radical (unpaired) electrons. The summed E-state index contributed by atoms with van der Waals surface area (Å²) in [5, 5.41) is 3.13. The first-order chi connectivity index (χ1) is 9.13. The molecule has 5 heteroatoms. The average Bonchev–Trinajstić information content (AvgIpc) is 2.36. The van der Waals surface area contributed by atoms with Gasteiger partial charge in [-0.2, -0.15) is 0 Å². The van der Waals surface area contributed by atoms with E-state index >= 15 is 0 Å². The fourth-order valence-electron chi connectivity index (χ4n) is 1.48. The molecule has 0 saturated heterocycles. The van der Waals surface area contributed by atoms with Crippen LogP contribution in [0.1, 0.15) is 5.56 Å². The minimum absolute atomic E-state index is 0.280. The number of carbonyl (C=O) groups is 1. The van der Waals surface area contributed by atoms with Gasteiger partial charge in [0.25, 0.3) is 0 Å². The number of carbonyl (C=O) groups excluding carboxylic acids is 1. The van der Waals surface area contributed by atoms with Crippen LogP contribution in [0.3, 0.4) is 0 Å². The highest BCUT2D eigenvalue weighted by Crippen LogP contribution is 2.12. The number of halogens is 1. The lowest BCUT2D eigenvalue weighted by atomic mass is 10.2. The van der Waals surface area contributed by atoms with Crippen LogP contribution in [-0.2, 0) is 4.79 Å². The molecular formula is C14H12ClN3O. The van der Waals surface area contributed by atoms with Crippen molar-refractivity contribution in [1.82, 2.24) is 4.98 Å². The van der Waals surface area contributed by atoms with Crippen LogP contribution in [0.15, 0.2) is 48.7 Å². The molecule has 3 N–H and O–H groups in total. The molecule has 0 aliphatic heterocycles. The van der Waals surface area contributed by atoms with E-state index < -0.39 is 0 Å². The third-order valence-electron chi connectivity index (χ3n) is 2.31. The number of hydrogen-bond donors (Lipinski definition) is 2. The Bertz CT molecular complexity index is 626. The summed E-state index contributed by atoms with van der Waals surface area (Å²) >= 11 is 5.80. The van der Waals surface area contributed by atoms with Gasteiger partial charge in [0.1, 0.15) is 5.82 Å². The number of nitrogens with zero attached hydrogens (tertiary/aromatic N) is 1. The molecule has 0 fully saturated rings. The number of nitrogen functional groups attached to an aromatic ring is 1. The van der Waals surface area contributed by atoms with E-state index in [1.54, 1.807) is 30.3 Å². The average molecular weight is 274 g/mol. The highest BCUT2D eigenvalue weighted by molar-refractivity contribution is 6.30. The van der Waals surface area contributed by atoms with E-state index in [1.165, 1.54) is 12.3 Å². The summed E-state index contributed by atoms with van der Waals surface area (Å²) in [4.78, 5) is 15.6. The molecule has 0 bridgehead atoms. The lowest BCUT2D eigenvalue weighted by Gasteiger charge is -2.01. The molecule has 0 aliphatic rings. The van der Waals surface area contributed by atoms with Crippen LogP contribution in [0.5, 0.6) is 0 Å². The van der Waals surface area contributed by atoms with Gasteiger partial charge < -0.3 is 11.1 Å². The number of nitrogens with one attached hydrogen (secondary N) is 1. The van der Waals surface area contributed by atoms with Gasteiger partial charge in [0.2, 0.25) is 5.91 Å². The molecule has 19 heavy (non-hydrogen) atoms. The second kappa shape index (κ2) is 6.02. The largest absolute Gasteiger partial charge is 0.399 e. The minimum atomic E-state index is -0.280. The van der Waals surface area contributed by atoms with Crippen molar-refractivity contribution in [1.29, 1.82) is 0 Å².